The average molecular weight is 488 g/mol. The van der Waals surface area contributed by atoms with E-state index in [0.29, 0.717) is 41.1 Å². The highest BCUT2D eigenvalue weighted by atomic mass is 32.2. The van der Waals surface area contributed by atoms with E-state index in [-0.39, 0.29) is 17.0 Å². The number of aryl methyl sites for hydroxylation is 1. The summed E-state index contributed by atoms with van der Waals surface area (Å²) in [5.74, 6) is -1.75. The lowest BCUT2D eigenvalue weighted by Crippen LogP contribution is -2.17. The van der Waals surface area contributed by atoms with Crippen LogP contribution in [-0.4, -0.2) is 38.9 Å². The van der Waals surface area contributed by atoms with Crippen molar-refractivity contribution in [2.45, 2.75) is 26.8 Å². The lowest BCUT2D eigenvalue weighted by Gasteiger charge is -2.14. The molecule has 4 aromatic rings. The highest BCUT2D eigenvalue weighted by Crippen LogP contribution is 2.36. The summed E-state index contributed by atoms with van der Waals surface area (Å²) < 4.78 is 58.3. The number of nitrogens with one attached hydrogen (secondary N) is 3. The number of H-pyrrole nitrogens is 1. The summed E-state index contributed by atoms with van der Waals surface area (Å²) in [5.41, 5.74) is 0.646. The largest absolute Gasteiger partial charge is 0.345 e. The van der Waals surface area contributed by atoms with Crippen LogP contribution >= 0.6 is 0 Å². The molecule has 4 rings (SSSR count). The Labute approximate surface area is 195 Å². The van der Waals surface area contributed by atoms with E-state index in [2.05, 4.69) is 36.7 Å². The highest BCUT2D eigenvalue weighted by Gasteiger charge is 2.23. The van der Waals surface area contributed by atoms with Crippen LogP contribution in [0.1, 0.15) is 31.4 Å². The van der Waals surface area contributed by atoms with Gasteiger partial charge in [-0.1, -0.05) is 13.5 Å². The molecule has 12 heteroatoms. The van der Waals surface area contributed by atoms with E-state index < -0.39 is 27.2 Å². The molecule has 1 aromatic carbocycles. The Morgan fingerprint density at radius 2 is 2.03 bits per heavy atom. The molecular formula is C22H23F2N7O2S. The van der Waals surface area contributed by atoms with Crippen LogP contribution in [0.15, 0.2) is 43.6 Å². The quantitative estimate of drug-likeness (QED) is 0.322. The number of halogens is 2. The first kappa shape index (κ1) is 23.4. The molecule has 0 spiro atoms. The van der Waals surface area contributed by atoms with Gasteiger partial charge in [0.15, 0.2) is 5.82 Å². The molecule has 0 unspecified atom stereocenters. The summed E-state index contributed by atoms with van der Waals surface area (Å²) in [6.45, 7) is 8.22. The molecule has 0 aliphatic rings. The minimum Gasteiger partial charge on any atom is -0.345 e. The number of benzene rings is 1. The van der Waals surface area contributed by atoms with Crippen LogP contribution in [0.25, 0.3) is 16.6 Å². The van der Waals surface area contributed by atoms with E-state index >= 15 is 4.39 Å². The van der Waals surface area contributed by atoms with E-state index in [0.717, 1.165) is 12.1 Å². The van der Waals surface area contributed by atoms with Crippen molar-refractivity contribution in [3.8, 4) is 0 Å². The van der Waals surface area contributed by atoms with Gasteiger partial charge in [-0.2, -0.15) is 5.10 Å². The van der Waals surface area contributed by atoms with Crippen LogP contribution in [0.3, 0.4) is 0 Å². The SMILES string of the molecule is C=C(c1c(F)ccc(NS(=O)(=O)CCC)c1F)c1c[nH]c2ncnc(Nc3cnn(CC)c3)c12. The fourth-order valence-corrected chi connectivity index (χ4v) is 4.70. The Hall–Kier alpha value is -3.80. The summed E-state index contributed by atoms with van der Waals surface area (Å²) in [6, 6.07) is 2.04. The Morgan fingerprint density at radius 3 is 2.74 bits per heavy atom. The maximum Gasteiger partial charge on any atom is 0.232 e. The Morgan fingerprint density at radius 1 is 1.24 bits per heavy atom. The molecule has 0 radical (unpaired) electrons. The Kier molecular flexibility index (Phi) is 6.33. The van der Waals surface area contributed by atoms with E-state index in [4.69, 9.17) is 0 Å². The number of nitrogens with zero attached hydrogens (tertiary/aromatic N) is 4. The third-order valence-electron chi connectivity index (χ3n) is 5.15. The molecule has 0 saturated carbocycles. The Balaban J connectivity index is 1.77. The monoisotopic (exact) mass is 487 g/mol. The smallest absolute Gasteiger partial charge is 0.232 e. The molecule has 0 aliphatic heterocycles. The fourth-order valence-electron chi connectivity index (χ4n) is 3.56. The first-order valence-corrected chi connectivity index (χ1v) is 12.2. The third-order valence-corrected chi connectivity index (χ3v) is 6.62. The van der Waals surface area contributed by atoms with E-state index in [9.17, 15) is 12.8 Å². The first-order valence-electron chi connectivity index (χ1n) is 10.5. The molecule has 0 amide bonds. The average Bonchev–Trinajstić information content (AvgIpc) is 3.43. The molecule has 0 fully saturated rings. The lowest BCUT2D eigenvalue weighted by molar-refractivity contribution is 0.577. The second kappa shape index (κ2) is 9.21. The molecular weight excluding hydrogens is 464 g/mol. The lowest BCUT2D eigenvalue weighted by atomic mass is 9.98. The number of rotatable bonds is 9. The molecule has 178 valence electrons. The zero-order chi connectivity index (χ0) is 24.5. The van der Waals surface area contributed by atoms with Crippen molar-refractivity contribution < 1.29 is 17.2 Å². The zero-order valence-electron chi connectivity index (χ0n) is 18.6. The van der Waals surface area contributed by atoms with Crippen molar-refractivity contribution in [3.63, 3.8) is 0 Å². The van der Waals surface area contributed by atoms with Crippen LogP contribution in [0.2, 0.25) is 0 Å². The van der Waals surface area contributed by atoms with Crippen LogP contribution in [0.4, 0.5) is 26.0 Å². The summed E-state index contributed by atoms with van der Waals surface area (Å²) >= 11 is 0. The minimum absolute atomic E-state index is 0.0000992. The first-order chi connectivity index (χ1) is 16.2. The summed E-state index contributed by atoms with van der Waals surface area (Å²) in [7, 11) is -3.78. The van der Waals surface area contributed by atoms with Gasteiger partial charge in [0.25, 0.3) is 0 Å². The molecule has 34 heavy (non-hydrogen) atoms. The second-order valence-electron chi connectivity index (χ2n) is 7.54. The van der Waals surface area contributed by atoms with Crippen LogP contribution in [0.5, 0.6) is 0 Å². The van der Waals surface area contributed by atoms with Gasteiger partial charge in [0.05, 0.1) is 34.3 Å². The van der Waals surface area contributed by atoms with Crippen molar-refractivity contribution in [1.29, 1.82) is 0 Å². The number of anilines is 3. The number of sulfonamides is 1. The highest BCUT2D eigenvalue weighted by molar-refractivity contribution is 7.92. The topological polar surface area (TPSA) is 118 Å². The normalized spacial score (nSPS) is 11.6. The summed E-state index contributed by atoms with van der Waals surface area (Å²) in [5, 5.41) is 7.82. The van der Waals surface area contributed by atoms with Crippen molar-refractivity contribution in [2.75, 3.05) is 15.8 Å². The summed E-state index contributed by atoms with van der Waals surface area (Å²) in [6.07, 6.45) is 6.64. The number of fused-ring (bicyclic) bond motifs is 1. The van der Waals surface area contributed by atoms with Gasteiger partial charge >= 0.3 is 0 Å². The van der Waals surface area contributed by atoms with E-state index in [1.54, 1.807) is 24.0 Å². The maximum absolute atomic E-state index is 15.3. The molecule has 3 N–H and O–H groups in total. The van der Waals surface area contributed by atoms with E-state index in [1.807, 2.05) is 6.92 Å². The van der Waals surface area contributed by atoms with Gasteiger partial charge in [0.2, 0.25) is 10.0 Å². The Bertz CT molecular complexity index is 1480. The molecule has 0 aliphatic carbocycles. The minimum atomic E-state index is -3.78. The van der Waals surface area contributed by atoms with Crippen molar-refractivity contribution >= 4 is 43.8 Å². The molecule has 3 heterocycles. The zero-order valence-corrected chi connectivity index (χ0v) is 19.4. The van der Waals surface area contributed by atoms with Crippen LogP contribution in [-0.2, 0) is 16.6 Å². The van der Waals surface area contributed by atoms with Crippen molar-refractivity contribution in [1.82, 2.24) is 24.7 Å². The number of hydrogen-bond donors (Lipinski definition) is 3. The maximum atomic E-state index is 15.3. The van der Waals surface area contributed by atoms with Gasteiger partial charge in [0.1, 0.15) is 23.6 Å². The predicted molar refractivity (Wildman–Crippen MR) is 127 cm³/mol. The fraction of sp³-hybridized carbons (Fsp3) is 0.227. The summed E-state index contributed by atoms with van der Waals surface area (Å²) in [4.78, 5) is 11.4. The van der Waals surface area contributed by atoms with E-state index in [1.165, 1.54) is 12.5 Å². The van der Waals surface area contributed by atoms with Gasteiger partial charge in [-0.05, 0) is 31.1 Å². The van der Waals surface area contributed by atoms with Crippen molar-refractivity contribution in [3.05, 3.63) is 66.4 Å². The molecule has 0 atom stereocenters. The van der Waals surface area contributed by atoms with Crippen LogP contribution < -0.4 is 10.0 Å². The van der Waals surface area contributed by atoms with Gasteiger partial charge < -0.3 is 10.3 Å². The van der Waals surface area contributed by atoms with Gasteiger partial charge in [-0.25, -0.2) is 27.2 Å². The number of hydrogen-bond acceptors (Lipinski definition) is 6. The second-order valence-corrected chi connectivity index (χ2v) is 9.38. The predicted octanol–water partition coefficient (Wildman–Crippen LogP) is 4.41. The van der Waals surface area contributed by atoms with Gasteiger partial charge in [-0.3, -0.25) is 9.40 Å². The molecule has 0 bridgehead atoms. The number of aromatic amines is 1. The molecule has 3 aromatic heterocycles. The third kappa shape index (κ3) is 4.49. The molecule has 0 saturated heterocycles. The number of aromatic nitrogens is 5. The molecule has 9 nitrogen and oxygen atoms in total. The van der Waals surface area contributed by atoms with Gasteiger partial charge in [-0.15, -0.1) is 0 Å². The van der Waals surface area contributed by atoms with Crippen LogP contribution in [0, 0.1) is 11.6 Å². The van der Waals surface area contributed by atoms with Gasteiger partial charge in [0, 0.05) is 24.5 Å². The standard InChI is InChI=1S/C22H23F2N7O2S/c1-4-8-34(32,33)30-17-7-6-16(23)18(20(17)24)13(3)15-10-25-21-19(15)22(27-12-26-21)29-14-9-28-31(5-2)11-14/h6-7,9-12,30H,3-5,8H2,1-2H3,(H2,25,26,27,29). The van der Waals surface area contributed by atoms with Crippen molar-refractivity contribution in [2.24, 2.45) is 0 Å².